The summed E-state index contributed by atoms with van der Waals surface area (Å²) in [4.78, 5) is 44.3. The molecule has 0 saturated heterocycles. The summed E-state index contributed by atoms with van der Waals surface area (Å²) in [5.41, 5.74) is 1.46. The maximum Gasteiger partial charge on any atom is 0.408 e. The molecule has 39 heavy (non-hydrogen) atoms. The van der Waals surface area contributed by atoms with Crippen molar-refractivity contribution in [2.45, 2.75) is 52.0 Å². The Morgan fingerprint density at radius 3 is 2.28 bits per heavy atom. The third kappa shape index (κ3) is 7.90. The lowest BCUT2D eigenvalue weighted by Gasteiger charge is -2.36. The molecule has 3 amide bonds. The molecular weight excluding hydrogens is 500 g/mol. The first kappa shape index (κ1) is 29.4. The second-order valence-electron chi connectivity index (χ2n) is 9.46. The maximum absolute atomic E-state index is 14.0. The molecule has 3 aromatic rings. The third-order valence-corrected chi connectivity index (χ3v) is 6.14. The van der Waals surface area contributed by atoms with Gasteiger partial charge >= 0.3 is 6.09 Å². The van der Waals surface area contributed by atoms with Crippen LogP contribution in [0.4, 0.5) is 4.79 Å². The Hall–Kier alpha value is -4.18. The average Bonchev–Trinajstić information content (AvgIpc) is 3.44. The number of ether oxygens (including phenoxy) is 1. The van der Waals surface area contributed by atoms with Crippen LogP contribution in [0.5, 0.6) is 0 Å². The van der Waals surface area contributed by atoms with E-state index in [0.29, 0.717) is 12.0 Å². The molecule has 10 nitrogen and oxygen atoms in total. The van der Waals surface area contributed by atoms with Gasteiger partial charge in [-0.2, -0.15) is 0 Å². The molecule has 3 rings (SSSR count). The molecule has 1 aromatic heterocycles. The highest BCUT2D eigenvalue weighted by Crippen LogP contribution is 2.34. The van der Waals surface area contributed by atoms with Gasteiger partial charge in [-0.1, -0.05) is 74.5 Å². The fourth-order valence-electron chi connectivity index (χ4n) is 4.26. The zero-order valence-corrected chi connectivity index (χ0v) is 22.7. The number of alkyl carbamates (subject to hydrolysis) is 1. The standard InChI is InChI=1S/C29H36N4O6/c1-5-33(28(36)22(16-19(2)3)32-29(37)39-17-20-12-8-6-9-13-20)24(21-14-10-7-11-15-21)25(34)27-31-23(18-38-27)26(35)30-4/h6-15,18-19,22,24-25,34H,5,16-17H2,1-4H3,(H,30,35)(H,32,37). The largest absolute Gasteiger partial charge is 0.445 e. The predicted octanol–water partition coefficient (Wildman–Crippen LogP) is 4.00. The fourth-order valence-corrected chi connectivity index (χ4v) is 4.26. The van der Waals surface area contributed by atoms with E-state index in [1.165, 1.54) is 11.9 Å². The van der Waals surface area contributed by atoms with Crippen LogP contribution in [0.2, 0.25) is 0 Å². The van der Waals surface area contributed by atoms with Crippen molar-refractivity contribution in [3.8, 4) is 0 Å². The molecule has 3 N–H and O–H groups in total. The second kappa shape index (κ2) is 14.1. The van der Waals surface area contributed by atoms with E-state index >= 15 is 0 Å². The number of oxazole rings is 1. The second-order valence-corrected chi connectivity index (χ2v) is 9.46. The Bertz CT molecular complexity index is 1210. The van der Waals surface area contributed by atoms with Gasteiger partial charge in [-0.05, 0) is 30.4 Å². The van der Waals surface area contributed by atoms with Crippen LogP contribution in [0, 0.1) is 5.92 Å². The van der Waals surface area contributed by atoms with Crippen molar-refractivity contribution in [3.05, 3.63) is 89.6 Å². The molecule has 3 atom stereocenters. The number of carbonyl (C=O) groups is 3. The number of amides is 3. The van der Waals surface area contributed by atoms with Crippen molar-refractivity contribution < 1.29 is 28.6 Å². The number of nitrogens with one attached hydrogen (secondary N) is 2. The van der Waals surface area contributed by atoms with E-state index in [1.807, 2.05) is 50.2 Å². The number of hydrogen-bond acceptors (Lipinski definition) is 7. The van der Waals surface area contributed by atoms with Gasteiger partial charge in [0.25, 0.3) is 5.91 Å². The number of carbonyl (C=O) groups excluding carboxylic acids is 3. The Labute approximate surface area is 228 Å². The number of hydrogen-bond donors (Lipinski definition) is 3. The molecule has 1 heterocycles. The number of benzene rings is 2. The quantitative estimate of drug-likeness (QED) is 0.319. The van der Waals surface area contributed by atoms with Gasteiger partial charge in [0.2, 0.25) is 11.8 Å². The van der Waals surface area contributed by atoms with Crippen LogP contribution < -0.4 is 10.6 Å². The summed E-state index contributed by atoms with van der Waals surface area (Å²) in [6, 6.07) is 16.4. The lowest BCUT2D eigenvalue weighted by molar-refractivity contribution is -0.139. The van der Waals surface area contributed by atoms with Crippen molar-refractivity contribution in [2.24, 2.45) is 5.92 Å². The Balaban J connectivity index is 1.87. The van der Waals surface area contributed by atoms with Crippen LogP contribution in [0.3, 0.4) is 0 Å². The first-order chi connectivity index (χ1) is 18.7. The normalized spacial score (nSPS) is 13.3. The number of aliphatic hydroxyl groups is 1. The minimum Gasteiger partial charge on any atom is -0.445 e. The van der Waals surface area contributed by atoms with Gasteiger partial charge in [0.05, 0.1) is 6.04 Å². The van der Waals surface area contributed by atoms with E-state index in [4.69, 9.17) is 9.15 Å². The monoisotopic (exact) mass is 536 g/mol. The smallest absolute Gasteiger partial charge is 0.408 e. The van der Waals surface area contributed by atoms with Crippen molar-refractivity contribution in [3.63, 3.8) is 0 Å². The Kier molecular flexibility index (Phi) is 10.6. The lowest BCUT2D eigenvalue weighted by atomic mass is 9.96. The van der Waals surface area contributed by atoms with Crippen molar-refractivity contribution in [2.75, 3.05) is 13.6 Å². The summed E-state index contributed by atoms with van der Waals surface area (Å²) in [5, 5.41) is 16.6. The van der Waals surface area contributed by atoms with E-state index in [9.17, 15) is 19.5 Å². The van der Waals surface area contributed by atoms with E-state index in [0.717, 1.165) is 11.8 Å². The number of aromatic nitrogens is 1. The van der Waals surface area contributed by atoms with Crippen molar-refractivity contribution >= 4 is 17.9 Å². The molecule has 0 aliphatic heterocycles. The number of aliphatic hydroxyl groups excluding tert-OH is 1. The van der Waals surface area contributed by atoms with Crippen LogP contribution in [0.15, 0.2) is 71.3 Å². The summed E-state index contributed by atoms with van der Waals surface area (Å²) >= 11 is 0. The summed E-state index contributed by atoms with van der Waals surface area (Å²) in [6.45, 7) is 5.96. The minimum absolute atomic E-state index is 0.00764. The number of likely N-dealkylation sites (N-methyl/N-ethyl adjacent to an activating group) is 1. The molecule has 0 spiro atoms. The van der Waals surface area contributed by atoms with Gasteiger partial charge in [-0.15, -0.1) is 0 Å². The molecule has 0 aliphatic rings. The SMILES string of the molecule is CCN(C(=O)C(CC(C)C)NC(=O)OCc1ccccc1)C(c1ccccc1)C(O)c1nc(C(=O)NC)co1. The molecule has 0 aliphatic carbocycles. The first-order valence-corrected chi connectivity index (χ1v) is 12.9. The molecule has 0 bridgehead atoms. The molecule has 2 aromatic carbocycles. The molecular formula is C29H36N4O6. The van der Waals surface area contributed by atoms with Crippen LogP contribution in [-0.4, -0.2) is 52.5 Å². The summed E-state index contributed by atoms with van der Waals surface area (Å²) in [5.74, 6) is -0.890. The summed E-state index contributed by atoms with van der Waals surface area (Å²) in [7, 11) is 1.46. The maximum atomic E-state index is 14.0. The zero-order chi connectivity index (χ0) is 28.4. The zero-order valence-electron chi connectivity index (χ0n) is 22.7. The highest BCUT2D eigenvalue weighted by atomic mass is 16.5. The third-order valence-electron chi connectivity index (χ3n) is 6.14. The Morgan fingerprint density at radius 2 is 1.69 bits per heavy atom. The van der Waals surface area contributed by atoms with Gasteiger partial charge in [0, 0.05) is 13.6 Å². The van der Waals surface area contributed by atoms with Gasteiger partial charge in [0.1, 0.15) is 18.9 Å². The van der Waals surface area contributed by atoms with Crippen LogP contribution in [0.1, 0.15) is 66.8 Å². The molecule has 0 saturated carbocycles. The predicted molar refractivity (Wildman–Crippen MR) is 144 cm³/mol. The summed E-state index contributed by atoms with van der Waals surface area (Å²) in [6.07, 6.45) is -0.593. The van der Waals surface area contributed by atoms with Crippen LogP contribution in [0.25, 0.3) is 0 Å². The van der Waals surface area contributed by atoms with Crippen LogP contribution in [-0.2, 0) is 16.1 Å². The average molecular weight is 537 g/mol. The van der Waals surface area contributed by atoms with Crippen molar-refractivity contribution in [1.29, 1.82) is 0 Å². The highest BCUT2D eigenvalue weighted by Gasteiger charge is 2.37. The van der Waals surface area contributed by atoms with Gasteiger partial charge < -0.3 is 29.8 Å². The number of rotatable bonds is 12. The molecule has 0 radical (unpaired) electrons. The van der Waals surface area contributed by atoms with Gasteiger partial charge in [-0.25, -0.2) is 9.78 Å². The lowest BCUT2D eigenvalue weighted by Crippen LogP contribution is -2.51. The Morgan fingerprint density at radius 1 is 1.05 bits per heavy atom. The minimum atomic E-state index is -1.39. The molecule has 208 valence electrons. The summed E-state index contributed by atoms with van der Waals surface area (Å²) < 4.78 is 10.8. The van der Waals surface area contributed by atoms with Crippen LogP contribution >= 0.6 is 0 Å². The molecule has 0 fully saturated rings. The van der Waals surface area contributed by atoms with Gasteiger partial charge in [-0.3, -0.25) is 9.59 Å². The fraction of sp³-hybridized carbons (Fsp3) is 0.379. The topological polar surface area (TPSA) is 134 Å². The molecule has 10 heteroatoms. The van der Waals surface area contributed by atoms with Crippen molar-refractivity contribution in [1.82, 2.24) is 20.5 Å². The van der Waals surface area contributed by atoms with E-state index in [1.54, 1.807) is 31.2 Å². The molecule has 3 unspecified atom stereocenters. The number of nitrogens with zero attached hydrogens (tertiary/aromatic N) is 2. The van der Waals surface area contributed by atoms with E-state index in [2.05, 4.69) is 15.6 Å². The van der Waals surface area contributed by atoms with E-state index in [-0.39, 0.29) is 30.7 Å². The van der Waals surface area contributed by atoms with Gasteiger partial charge in [0.15, 0.2) is 11.8 Å². The highest BCUT2D eigenvalue weighted by molar-refractivity contribution is 5.91. The first-order valence-electron chi connectivity index (χ1n) is 12.9. The van der Waals surface area contributed by atoms with E-state index < -0.39 is 36.1 Å².